The SMILES string of the molecule is CCS(=O)(=O)c1ccc(-c2ccc(OC)c(CN(C(=O)c3sc4c(F)ccc(C)c4c3Cl)C3CCC(NC)CC3)c2)cc1. The second kappa shape index (κ2) is 12.9. The fourth-order valence-electron chi connectivity index (χ4n) is 5.89. The summed E-state index contributed by atoms with van der Waals surface area (Å²) in [6, 6.07) is 16.1. The number of halogens is 2. The van der Waals surface area contributed by atoms with Crippen LogP contribution in [-0.4, -0.2) is 51.2 Å². The van der Waals surface area contributed by atoms with Crippen molar-refractivity contribution in [1.29, 1.82) is 0 Å². The fourth-order valence-corrected chi connectivity index (χ4v) is 8.40. The first kappa shape index (κ1) is 31.4. The third-order valence-electron chi connectivity index (χ3n) is 8.49. The van der Waals surface area contributed by atoms with E-state index >= 15 is 0 Å². The largest absolute Gasteiger partial charge is 0.496 e. The first-order valence-corrected chi connectivity index (χ1v) is 17.3. The third kappa shape index (κ3) is 6.32. The number of carbonyl (C=O) groups excluding carboxylic acids is 1. The maximum absolute atomic E-state index is 14.8. The van der Waals surface area contributed by atoms with Crippen molar-refractivity contribution in [2.24, 2.45) is 0 Å². The number of nitrogens with zero attached hydrogens (tertiary/aromatic N) is 1. The Morgan fingerprint density at radius 1 is 1.07 bits per heavy atom. The Morgan fingerprint density at radius 2 is 1.74 bits per heavy atom. The molecule has 5 rings (SSSR count). The van der Waals surface area contributed by atoms with Gasteiger partial charge in [0.25, 0.3) is 5.91 Å². The highest BCUT2D eigenvalue weighted by Crippen LogP contribution is 2.41. The molecule has 0 saturated heterocycles. The summed E-state index contributed by atoms with van der Waals surface area (Å²) >= 11 is 7.90. The number of benzene rings is 3. The lowest BCUT2D eigenvalue weighted by Gasteiger charge is -2.37. The third-order valence-corrected chi connectivity index (χ3v) is 11.9. The van der Waals surface area contributed by atoms with Gasteiger partial charge in [0.15, 0.2) is 9.84 Å². The molecule has 1 saturated carbocycles. The summed E-state index contributed by atoms with van der Waals surface area (Å²) < 4.78 is 45.5. The number of hydrogen-bond acceptors (Lipinski definition) is 6. The average molecular weight is 643 g/mol. The Balaban J connectivity index is 1.54. The zero-order valence-corrected chi connectivity index (χ0v) is 27.1. The summed E-state index contributed by atoms with van der Waals surface area (Å²) in [5.41, 5.74) is 3.36. The van der Waals surface area contributed by atoms with Gasteiger partial charge in [-0.2, -0.15) is 0 Å². The van der Waals surface area contributed by atoms with Gasteiger partial charge in [-0.15, -0.1) is 11.3 Å². The number of aryl methyl sites for hydroxylation is 1. The normalized spacial score (nSPS) is 17.3. The maximum atomic E-state index is 14.8. The molecule has 10 heteroatoms. The molecule has 0 bridgehead atoms. The van der Waals surface area contributed by atoms with Crippen molar-refractivity contribution in [2.75, 3.05) is 19.9 Å². The van der Waals surface area contributed by atoms with Crippen LogP contribution in [0.25, 0.3) is 21.2 Å². The zero-order valence-electron chi connectivity index (χ0n) is 24.7. The van der Waals surface area contributed by atoms with E-state index in [1.165, 1.54) is 6.07 Å². The number of hydrogen-bond donors (Lipinski definition) is 1. The Labute approximate surface area is 261 Å². The van der Waals surface area contributed by atoms with E-state index in [-0.39, 0.29) is 35.0 Å². The molecule has 1 amide bonds. The number of carbonyl (C=O) groups is 1. The molecule has 0 atom stereocenters. The van der Waals surface area contributed by atoms with E-state index in [1.807, 2.05) is 37.1 Å². The molecular formula is C33H36ClFN2O4S2. The second-order valence-electron chi connectivity index (χ2n) is 11.0. The zero-order chi connectivity index (χ0) is 30.9. The van der Waals surface area contributed by atoms with Gasteiger partial charge >= 0.3 is 0 Å². The number of rotatable bonds is 9. The van der Waals surface area contributed by atoms with E-state index in [0.29, 0.717) is 31.8 Å². The van der Waals surface area contributed by atoms with E-state index < -0.39 is 9.84 Å². The minimum absolute atomic E-state index is 0.0313. The number of nitrogens with one attached hydrogen (secondary N) is 1. The number of sulfone groups is 1. The van der Waals surface area contributed by atoms with Crippen molar-refractivity contribution in [3.05, 3.63) is 81.4 Å². The molecule has 3 aromatic carbocycles. The molecule has 1 aromatic heterocycles. The maximum Gasteiger partial charge on any atom is 0.266 e. The van der Waals surface area contributed by atoms with Gasteiger partial charge in [0.1, 0.15) is 16.4 Å². The van der Waals surface area contributed by atoms with Crippen LogP contribution in [0.15, 0.2) is 59.5 Å². The van der Waals surface area contributed by atoms with Gasteiger partial charge in [-0.05, 0) is 86.7 Å². The van der Waals surface area contributed by atoms with Crippen LogP contribution in [0, 0.1) is 12.7 Å². The number of amides is 1. The van der Waals surface area contributed by atoms with Crippen LogP contribution in [0.4, 0.5) is 4.39 Å². The second-order valence-corrected chi connectivity index (χ2v) is 14.7. The highest BCUT2D eigenvalue weighted by molar-refractivity contribution is 7.91. The Hall–Kier alpha value is -2.98. The Bertz CT molecular complexity index is 1750. The van der Waals surface area contributed by atoms with Gasteiger partial charge in [0.2, 0.25) is 0 Å². The van der Waals surface area contributed by atoms with Crippen molar-refractivity contribution in [3.8, 4) is 16.9 Å². The van der Waals surface area contributed by atoms with Gasteiger partial charge in [-0.25, -0.2) is 12.8 Å². The van der Waals surface area contributed by atoms with Crippen LogP contribution < -0.4 is 10.1 Å². The van der Waals surface area contributed by atoms with Crippen LogP contribution in [0.5, 0.6) is 5.75 Å². The lowest BCUT2D eigenvalue weighted by molar-refractivity contribution is 0.0604. The molecule has 1 aliphatic rings. The molecule has 43 heavy (non-hydrogen) atoms. The van der Waals surface area contributed by atoms with E-state index in [1.54, 1.807) is 44.4 Å². The number of thiophene rings is 1. The first-order chi connectivity index (χ1) is 20.6. The fraction of sp³-hybridized carbons (Fsp3) is 0.364. The topological polar surface area (TPSA) is 75.7 Å². The molecule has 1 N–H and O–H groups in total. The highest BCUT2D eigenvalue weighted by Gasteiger charge is 2.33. The van der Waals surface area contributed by atoms with Crippen molar-refractivity contribution < 1.29 is 22.3 Å². The number of methoxy groups -OCH3 is 1. The lowest BCUT2D eigenvalue weighted by Crippen LogP contribution is -2.44. The van der Waals surface area contributed by atoms with E-state index in [0.717, 1.165) is 59.3 Å². The summed E-state index contributed by atoms with van der Waals surface area (Å²) in [5.74, 6) is 0.0639. The van der Waals surface area contributed by atoms with Gasteiger partial charge in [0, 0.05) is 29.6 Å². The summed E-state index contributed by atoms with van der Waals surface area (Å²) in [4.78, 5) is 16.8. The molecule has 4 aromatic rings. The molecule has 228 valence electrons. The smallest absolute Gasteiger partial charge is 0.266 e. The summed E-state index contributed by atoms with van der Waals surface area (Å²) in [7, 11) is 0.252. The van der Waals surface area contributed by atoms with Crippen molar-refractivity contribution in [2.45, 2.75) is 63.1 Å². The monoisotopic (exact) mass is 642 g/mol. The highest BCUT2D eigenvalue weighted by atomic mass is 35.5. The average Bonchev–Trinajstić information content (AvgIpc) is 3.39. The molecule has 0 unspecified atom stereocenters. The van der Waals surface area contributed by atoms with E-state index in [9.17, 15) is 17.6 Å². The molecular weight excluding hydrogens is 607 g/mol. The van der Waals surface area contributed by atoms with Crippen LogP contribution in [0.2, 0.25) is 5.02 Å². The van der Waals surface area contributed by atoms with Crippen molar-refractivity contribution >= 4 is 48.8 Å². The van der Waals surface area contributed by atoms with Crippen LogP contribution in [0.3, 0.4) is 0 Å². The van der Waals surface area contributed by atoms with Crippen LogP contribution in [0.1, 0.15) is 53.4 Å². The minimum atomic E-state index is -3.31. The molecule has 0 radical (unpaired) electrons. The quantitative estimate of drug-likeness (QED) is 0.203. The lowest BCUT2D eigenvalue weighted by atomic mass is 9.89. The predicted molar refractivity (Wildman–Crippen MR) is 173 cm³/mol. The van der Waals surface area contributed by atoms with Crippen LogP contribution >= 0.6 is 22.9 Å². The molecule has 0 spiro atoms. The van der Waals surface area contributed by atoms with Gasteiger partial charge in [0.05, 0.1) is 27.5 Å². The van der Waals surface area contributed by atoms with E-state index in [4.69, 9.17) is 16.3 Å². The molecule has 6 nitrogen and oxygen atoms in total. The standard InChI is InChI=1S/C33H36ClFN2O4S2/c1-5-43(39,40)26-14-7-21(8-15-26)22-9-17-28(41-4)23(18-22)19-37(25-12-10-24(36-3)11-13-25)33(38)32-30(34)29-20(2)6-16-27(35)31(29)42-32/h6-9,14-18,24-25,36H,5,10-13,19H2,1-4H3. The van der Waals surface area contributed by atoms with Crippen LogP contribution in [-0.2, 0) is 16.4 Å². The predicted octanol–water partition coefficient (Wildman–Crippen LogP) is 7.64. The van der Waals surface area contributed by atoms with Gasteiger partial charge in [-0.3, -0.25) is 4.79 Å². The molecule has 1 aliphatic carbocycles. The first-order valence-electron chi connectivity index (χ1n) is 14.4. The van der Waals surface area contributed by atoms with Gasteiger partial charge in [-0.1, -0.05) is 42.8 Å². The Kier molecular flexibility index (Phi) is 9.46. The van der Waals surface area contributed by atoms with Gasteiger partial charge < -0.3 is 15.0 Å². The van der Waals surface area contributed by atoms with Crippen molar-refractivity contribution in [3.63, 3.8) is 0 Å². The number of fused-ring (bicyclic) bond motifs is 1. The molecule has 0 aliphatic heterocycles. The Morgan fingerprint density at radius 3 is 2.35 bits per heavy atom. The summed E-state index contributed by atoms with van der Waals surface area (Å²) in [6.07, 6.45) is 3.51. The molecule has 1 heterocycles. The minimum Gasteiger partial charge on any atom is -0.496 e. The van der Waals surface area contributed by atoms with Crippen molar-refractivity contribution in [1.82, 2.24) is 10.2 Å². The number of ether oxygens (including phenoxy) is 1. The summed E-state index contributed by atoms with van der Waals surface area (Å²) in [5, 5.41) is 4.23. The van der Waals surface area contributed by atoms with E-state index in [2.05, 4.69) is 5.32 Å². The molecule has 1 fully saturated rings. The summed E-state index contributed by atoms with van der Waals surface area (Å²) in [6.45, 7) is 3.77.